The van der Waals surface area contributed by atoms with Crippen LogP contribution < -0.4 is 10.6 Å². The molecule has 0 radical (unpaired) electrons. The highest BCUT2D eigenvalue weighted by molar-refractivity contribution is 7.90. The summed E-state index contributed by atoms with van der Waals surface area (Å²) >= 11 is 0. The van der Waals surface area contributed by atoms with Crippen molar-refractivity contribution in [1.29, 1.82) is 0 Å². The molecule has 7 heteroatoms. The summed E-state index contributed by atoms with van der Waals surface area (Å²) in [5.41, 5.74) is 0.752. The highest BCUT2D eigenvalue weighted by Gasteiger charge is 2.21. The number of anilines is 2. The SMILES string of the molecule is CC(C)(C)C(=O)Nc1cccc(NC(=O)c2cccc(S(C)(=O)=O)c2)c1. The summed E-state index contributed by atoms with van der Waals surface area (Å²) in [5, 5.41) is 5.50. The number of carbonyl (C=O) groups excluding carboxylic acids is 2. The molecule has 0 saturated heterocycles. The Morgan fingerprint density at radius 3 is 2.04 bits per heavy atom. The van der Waals surface area contributed by atoms with E-state index >= 15 is 0 Å². The lowest BCUT2D eigenvalue weighted by atomic mass is 9.95. The summed E-state index contributed by atoms with van der Waals surface area (Å²) in [5.74, 6) is -0.573. The number of carbonyl (C=O) groups is 2. The van der Waals surface area contributed by atoms with Crippen LogP contribution in [0.25, 0.3) is 0 Å². The van der Waals surface area contributed by atoms with Crippen LogP contribution in [0, 0.1) is 5.41 Å². The van der Waals surface area contributed by atoms with Crippen molar-refractivity contribution in [2.24, 2.45) is 5.41 Å². The Morgan fingerprint density at radius 2 is 1.46 bits per heavy atom. The van der Waals surface area contributed by atoms with E-state index in [2.05, 4.69) is 10.6 Å². The van der Waals surface area contributed by atoms with Crippen molar-refractivity contribution in [1.82, 2.24) is 0 Å². The van der Waals surface area contributed by atoms with Gasteiger partial charge in [-0.2, -0.15) is 0 Å². The summed E-state index contributed by atoms with van der Waals surface area (Å²) in [6.45, 7) is 5.42. The molecule has 2 aromatic carbocycles. The van der Waals surface area contributed by atoms with Crippen LogP contribution in [0.15, 0.2) is 53.4 Å². The van der Waals surface area contributed by atoms with Gasteiger partial charge in [-0.25, -0.2) is 8.42 Å². The molecule has 2 amide bonds. The van der Waals surface area contributed by atoms with Crippen LogP contribution in [0.3, 0.4) is 0 Å². The third kappa shape index (κ3) is 5.16. The minimum Gasteiger partial charge on any atom is -0.326 e. The van der Waals surface area contributed by atoms with Gasteiger partial charge in [-0.3, -0.25) is 9.59 Å². The van der Waals surface area contributed by atoms with Crippen molar-refractivity contribution < 1.29 is 18.0 Å². The van der Waals surface area contributed by atoms with E-state index in [1.165, 1.54) is 24.3 Å². The number of hydrogen-bond acceptors (Lipinski definition) is 4. The van der Waals surface area contributed by atoms with Crippen molar-refractivity contribution in [3.63, 3.8) is 0 Å². The Balaban J connectivity index is 2.18. The zero-order valence-corrected chi connectivity index (χ0v) is 16.0. The predicted molar refractivity (Wildman–Crippen MR) is 102 cm³/mol. The van der Waals surface area contributed by atoms with Gasteiger partial charge < -0.3 is 10.6 Å². The molecule has 2 N–H and O–H groups in total. The Hall–Kier alpha value is -2.67. The van der Waals surface area contributed by atoms with Crippen LogP contribution in [0.5, 0.6) is 0 Å². The number of rotatable bonds is 4. The summed E-state index contributed by atoms with van der Waals surface area (Å²) in [7, 11) is -3.39. The van der Waals surface area contributed by atoms with Crippen LogP contribution in [-0.2, 0) is 14.6 Å². The second-order valence-electron chi connectivity index (χ2n) is 7.04. The van der Waals surface area contributed by atoms with E-state index in [-0.39, 0.29) is 16.4 Å². The average Bonchev–Trinajstić information content (AvgIpc) is 2.53. The van der Waals surface area contributed by atoms with Crippen molar-refractivity contribution in [2.45, 2.75) is 25.7 Å². The van der Waals surface area contributed by atoms with E-state index in [9.17, 15) is 18.0 Å². The molecule has 0 aliphatic carbocycles. The molecule has 0 aromatic heterocycles. The zero-order valence-electron chi connectivity index (χ0n) is 15.2. The number of benzene rings is 2. The first kappa shape index (κ1) is 19.7. The van der Waals surface area contributed by atoms with Crippen molar-refractivity contribution in [2.75, 3.05) is 16.9 Å². The molecule has 0 aliphatic heterocycles. The lowest BCUT2D eigenvalue weighted by Gasteiger charge is -2.18. The summed E-state index contributed by atoms with van der Waals surface area (Å²) < 4.78 is 23.2. The van der Waals surface area contributed by atoms with Crippen LogP contribution in [0.1, 0.15) is 31.1 Å². The maximum absolute atomic E-state index is 12.4. The molecule has 2 rings (SSSR count). The Labute approximate surface area is 153 Å². The predicted octanol–water partition coefficient (Wildman–Crippen LogP) is 3.33. The van der Waals surface area contributed by atoms with Gasteiger partial charge in [0.2, 0.25) is 5.91 Å². The van der Waals surface area contributed by atoms with Gasteiger partial charge in [0.15, 0.2) is 9.84 Å². The summed E-state index contributed by atoms with van der Waals surface area (Å²) in [6.07, 6.45) is 1.09. The van der Waals surface area contributed by atoms with E-state index < -0.39 is 21.2 Å². The molecule has 0 fully saturated rings. The molecular formula is C19H22N2O4S. The Kier molecular flexibility index (Phi) is 5.51. The van der Waals surface area contributed by atoms with Gasteiger partial charge in [0.25, 0.3) is 5.91 Å². The van der Waals surface area contributed by atoms with Crippen molar-refractivity contribution >= 4 is 33.0 Å². The molecule has 26 heavy (non-hydrogen) atoms. The molecule has 0 bridgehead atoms. The van der Waals surface area contributed by atoms with Gasteiger partial charge in [-0.1, -0.05) is 32.9 Å². The number of sulfone groups is 1. The number of nitrogens with one attached hydrogen (secondary N) is 2. The van der Waals surface area contributed by atoms with Crippen molar-refractivity contribution in [3.05, 3.63) is 54.1 Å². The van der Waals surface area contributed by atoms with Gasteiger partial charge in [0.1, 0.15) is 0 Å². The van der Waals surface area contributed by atoms with E-state index in [0.717, 1.165) is 6.26 Å². The topological polar surface area (TPSA) is 92.3 Å². The zero-order chi connectivity index (χ0) is 19.5. The first-order valence-corrected chi connectivity index (χ1v) is 9.89. The van der Waals surface area contributed by atoms with Gasteiger partial charge in [-0.05, 0) is 36.4 Å². The van der Waals surface area contributed by atoms with Crippen LogP contribution in [0.4, 0.5) is 11.4 Å². The lowest BCUT2D eigenvalue weighted by Crippen LogP contribution is -2.27. The van der Waals surface area contributed by atoms with Gasteiger partial charge in [-0.15, -0.1) is 0 Å². The van der Waals surface area contributed by atoms with Crippen molar-refractivity contribution in [3.8, 4) is 0 Å². The fourth-order valence-corrected chi connectivity index (χ4v) is 2.73. The van der Waals surface area contributed by atoms with E-state index in [0.29, 0.717) is 11.4 Å². The standard InChI is InChI=1S/C19H22N2O4S/c1-19(2,3)18(23)21-15-9-6-8-14(12-15)20-17(22)13-7-5-10-16(11-13)26(4,24)25/h5-12H,1-4H3,(H,20,22)(H,21,23). The molecule has 0 spiro atoms. The smallest absolute Gasteiger partial charge is 0.255 e. The van der Waals surface area contributed by atoms with E-state index in [1.54, 1.807) is 24.3 Å². The highest BCUT2D eigenvalue weighted by Crippen LogP contribution is 2.21. The normalized spacial score (nSPS) is 11.7. The van der Waals surface area contributed by atoms with Crippen LogP contribution in [-0.4, -0.2) is 26.5 Å². The van der Waals surface area contributed by atoms with E-state index in [4.69, 9.17) is 0 Å². The van der Waals surface area contributed by atoms with E-state index in [1.807, 2.05) is 20.8 Å². The van der Waals surface area contributed by atoms with Crippen LogP contribution in [0.2, 0.25) is 0 Å². The van der Waals surface area contributed by atoms with Gasteiger partial charge in [0, 0.05) is 28.6 Å². The summed E-state index contributed by atoms with van der Waals surface area (Å²) in [6, 6.07) is 12.6. The van der Waals surface area contributed by atoms with Gasteiger partial charge >= 0.3 is 0 Å². The lowest BCUT2D eigenvalue weighted by molar-refractivity contribution is -0.123. The second-order valence-corrected chi connectivity index (χ2v) is 9.05. The number of hydrogen-bond donors (Lipinski definition) is 2. The maximum Gasteiger partial charge on any atom is 0.255 e. The first-order chi connectivity index (χ1) is 12.0. The third-order valence-corrected chi connectivity index (χ3v) is 4.69. The minimum absolute atomic E-state index is 0.0799. The maximum atomic E-state index is 12.4. The summed E-state index contributed by atoms with van der Waals surface area (Å²) in [4.78, 5) is 24.5. The molecule has 0 unspecified atom stereocenters. The minimum atomic E-state index is -3.39. The molecule has 6 nitrogen and oxygen atoms in total. The monoisotopic (exact) mass is 374 g/mol. The van der Waals surface area contributed by atoms with Crippen LogP contribution >= 0.6 is 0 Å². The molecule has 2 aromatic rings. The molecule has 0 heterocycles. The average molecular weight is 374 g/mol. The largest absolute Gasteiger partial charge is 0.326 e. The highest BCUT2D eigenvalue weighted by atomic mass is 32.2. The second kappa shape index (κ2) is 7.29. The molecule has 138 valence electrons. The Bertz CT molecular complexity index is 944. The molecular weight excluding hydrogens is 352 g/mol. The third-order valence-electron chi connectivity index (χ3n) is 3.58. The Morgan fingerprint density at radius 1 is 0.885 bits per heavy atom. The van der Waals surface area contributed by atoms with Gasteiger partial charge in [0.05, 0.1) is 4.90 Å². The quantitative estimate of drug-likeness (QED) is 0.858. The first-order valence-electron chi connectivity index (χ1n) is 8.00. The fourth-order valence-electron chi connectivity index (χ4n) is 2.06. The molecule has 0 atom stereocenters. The molecule has 0 saturated carbocycles. The number of amides is 2. The molecule has 0 aliphatic rings. The fraction of sp³-hybridized carbons (Fsp3) is 0.263.